The first-order chi connectivity index (χ1) is 19.6. The Morgan fingerprint density at radius 1 is 1.00 bits per heavy atom. The van der Waals surface area contributed by atoms with Gasteiger partial charge >= 0.3 is 5.97 Å². The Labute approximate surface area is 253 Å². The van der Waals surface area contributed by atoms with Gasteiger partial charge in [-0.15, -0.1) is 0 Å². The molecule has 10 nitrogen and oxygen atoms in total. The van der Waals surface area contributed by atoms with Crippen LogP contribution in [0.5, 0.6) is 11.5 Å². The monoisotopic (exact) mass is 693 g/mol. The number of benzene rings is 3. The fourth-order valence-corrected chi connectivity index (χ4v) is 5.70. The molecule has 0 aliphatic carbocycles. The molecular weight excluding hydrogens is 661 g/mol. The Kier molecular flexibility index (Phi) is 12.1. The number of amides is 1. The number of ether oxygens (including phenoxy) is 3. The summed E-state index contributed by atoms with van der Waals surface area (Å²) >= 11 is 2.05. The fourth-order valence-electron chi connectivity index (χ4n) is 3.69. The quantitative estimate of drug-likeness (QED) is 0.110. The Bertz CT molecular complexity index is 1460. The molecule has 2 N–H and O–H groups in total. The predicted molar refractivity (Wildman–Crippen MR) is 163 cm³/mol. The van der Waals surface area contributed by atoms with E-state index in [1.54, 1.807) is 55.5 Å². The van der Waals surface area contributed by atoms with Crippen LogP contribution in [-0.4, -0.2) is 46.3 Å². The van der Waals surface area contributed by atoms with E-state index >= 15 is 0 Å². The Morgan fingerprint density at radius 2 is 1.71 bits per heavy atom. The molecule has 0 heterocycles. The SMILES string of the molecule is CCOC(=O)COc1c(I)cc(/C=N\NC(=O)C[C@H](NS(=O)(=O)c2ccc(C)cc2)c2ccccc2)cc1OCC. The van der Waals surface area contributed by atoms with Gasteiger partial charge in [0.15, 0.2) is 18.1 Å². The van der Waals surface area contributed by atoms with E-state index in [2.05, 4.69) is 37.8 Å². The summed E-state index contributed by atoms with van der Waals surface area (Å²) in [6, 6.07) is 17.9. The van der Waals surface area contributed by atoms with Gasteiger partial charge in [-0.3, -0.25) is 4.79 Å². The van der Waals surface area contributed by atoms with Crippen LogP contribution < -0.4 is 19.6 Å². The van der Waals surface area contributed by atoms with Crippen LogP contribution in [0.2, 0.25) is 0 Å². The van der Waals surface area contributed by atoms with Gasteiger partial charge in [0.05, 0.1) is 33.9 Å². The standard InChI is InChI=1S/C29H32IN3O7S/c1-4-38-26-16-21(15-24(30)29(26)40-19-28(35)39-5-2)18-31-32-27(34)17-25(22-9-7-6-8-10-22)33-41(36,37)23-13-11-20(3)12-14-23/h6-16,18,25,33H,4-5,17,19H2,1-3H3,(H,32,34)/b31-18-/t25-/m0/s1. The summed E-state index contributed by atoms with van der Waals surface area (Å²) in [5.74, 6) is -0.177. The van der Waals surface area contributed by atoms with Gasteiger partial charge in [-0.05, 0) is 78.8 Å². The molecule has 0 saturated carbocycles. The molecule has 0 bridgehead atoms. The average Bonchev–Trinajstić information content (AvgIpc) is 2.93. The number of nitrogens with zero attached hydrogens (tertiary/aromatic N) is 1. The number of aryl methyl sites for hydroxylation is 1. The van der Waals surface area contributed by atoms with Crippen LogP contribution >= 0.6 is 22.6 Å². The Hall–Kier alpha value is -3.49. The summed E-state index contributed by atoms with van der Waals surface area (Å²) in [5.41, 5.74) is 4.65. The predicted octanol–water partition coefficient (Wildman–Crippen LogP) is 4.50. The highest BCUT2D eigenvalue weighted by molar-refractivity contribution is 14.1. The van der Waals surface area contributed by atoms with Crippen molar-refractivity contribution in [2.45, 2.75) is 38.1 Å². The van der Waals surface area contributed by atoms with Crippen molar-refractivity contribution in [3.63, 3.8) is 0 Å². The third-order valence-corrected chi connectivity index (χ3v) is 7.88. The third-order valence-electron chi connectivity index (χ3n) is 5.59. The molecule has 0 fully saturated rings. The maximum absolute atomic E-state index is 13.0. The van der Waals surface area contributed by atoms with Gasteiger partial charge in [0.25, 0.3) is 0 Å². The number of hydrazone groups is 1. The first-order valence-corrected chi connectivity index (χ1v) is 15.4. The maximum atomic E-state index is 13.0. The second-order valence-electron chi connectivity index (χ2n) is 8.75. The highest BCUT2D eigenvalue weighted by Gasteiger charge is 2.24. The van der Waals surface area contributed by atoms with Crippen LogP contribution in [0.4, 0.5) is 0 Å². The third kappa shape index (κ3) is 9.83. The summed E-state index contributed by atoms with van der Waals surface area (Å²) in [5, 5.41) is 4.05. The van der Waals surface area contributed by atoms with E-state index in [1.165, 1.54) is 18.3 Å². The van der Waals surface area contributed by atoms with Crippen molar-refractivity contribution in [3.05, 3.63) is 87.0 Å². The first-order valence-electron chi connectivity index (χ1n) is 12.8. The molecule has 1 atom stereocenters. The minimum absolute atomic E-state index is 0.108. The summed E-state index contributed by atoms with van der Waals surface area (Å²) in [6.45, 7) is 5.76. The topological polar surface area (TPSA) is 132 Å². The minimum Gasteiger partial charge on any atom is -0.490 e. The van der Waals surface area contributed by atoms with Gasteiger partial charge in [-0.25, -0.2) is 23.4 Å². The number of carbonyl (C=O) groups is 2. The smallest absolute Gasteiger partial charge is 0.344 e. The number of rotatable bonds is 14. The van der Waals surface area contributed by atoms with E-state index in [-0.39, 0.29) is 24.5 Å². The maximum Gasteiger partial charge on any atom is 0.344 e. The highest BCUT2D eigenvalue weighted by Crippen LogP contribution is 2.34. The molecule has 1 amide bonds. The fraction of sp³-hybridized carbons (Fsp3) is 0.276. The van der Waals surface area contributed by atoms with Crippen molar-refractivity contribution < 1.29 is 32.2 Å². The molecule has 0 spiro atoms. The molecule has 0 unspecified atom stereocenters. The largest absolute Gasteiger partial charge is 0.490 e. The number of esters is 1. The molecule has 0 radical (unpaired) electrons. The molecule has 3 aromatic rings. The van der Waals surface area contributed by atoms with Crippen LogP contribution in [0.1, 0.15) is 43.0 Å². The van der Waals surface area contributed by atoms with Gasteiger partial charge in [0, 0.05) is 6.42 Å². The number of carbonyl (C=O) groups excluding carboxylic acids is 2. The molecular formula is C29H32IN3O7S. The number of halogens is 1. The van der Waals surface area contributed by atoms with Crippen LogP contribution in [0.25, 0.3) is 0 Å². The normalized spacial score (nSPS) is 12.1. The number of nitrogens with one attached hydrogen (secondary N) is 2. The van der Waals surface area contributed by atoms with Crippen molar-refractivity contribution in [2.24, 2.45) is 5.10 Å². The molecule has 3 aromatic carbocycles. The molecule has 218 valence electrons. The first kappa shape index (κ1) is 32.0. The zero-order chi connectivity index (χ0) is 29.8. The van der Waals surface area contributed by atoms with Gasteiger partial charge in [0.2, 0.25) is 15.9 Å². The van der Waals surface area contributed by atoms with E-state index in [4.69, 9.17) is 14.2 Å². The second kappa shape index (κ2) is 15.5. The molecule has 3 rings (SSSR count). The molecule has 0 aliphatic heterocycles. The van der Waals surface area contributed by atoms with Crippen molar-refractivity contribution in [1.82, 2.24) is 10.1 Å². The lowest BCUT2D eigenvalue weighted by Crippen LogP contribution is -2.32. The zero-order valence-electron chi connectivity index (χ0n) is 22.9. The molecule has 12 heteroatoms. The average molecular weight is 694 g/mol. The van der Waals surface area contributed by atoms with E-state index in [0.717, 1.165) is 5.56 Å². The minimum atomic E-state index is -3.89. The Balaban J connectivity index is 1.72. The zero-order valence-corrected chi connectivity index (χ0v) is 25.9. The Morgan fingerprint density at radius 3 is 2.37 bits per heavy atom. The second-order valence-corrected chi connectivity index (χ2v) is 11.6. The number of sulfonamides is 1. The lowest BCUT2D eigenvalue weighted by Gasteiger charge is -2.18. The van der Waals surface area contributed by atoms with Crippen molar-refractivity contribution in [2.75, 3.05) is 19.8 Å². The molecule has 0 aliphatic rings. The van der Waals surface area contributed by atoms with Crippen LogP contribution in [0.3, 0.4) is 0 Å². The van der Waals surface area contributed by atoms with Gasteiger partial charge in [-0.1, -0.05) is 48.0 Å². The molecule has 0 aromatic heterocycles. The molecule has 41 heavy (non-hydrogen) atoms. The van der Waals surface area contributed by atoms with Gasteiger partial charge < -0.3 is 14.2 Å². The number of hydrogen-bond donors (Lipinski definition) is 2. The number of hydrogen-bond acceptors (Lipinski definition) is 8. The summed E-state index contributed by atoms with van der Waals surface area (Å²) in [6.07, 6.45) is 1.25. The van der Waals surface area contributed by atoms with E-state index < -0.39 is 27.9 Å². The van der Waals surface area contributed by atoms with Gasteiger partial charge in [0.1, 0.15) is 0 Å². The highest BCUT2D eigenvalue weighted by atomic mass is 127. The van der Waals surface area contributed by atoms with Crippen LogP contribution in [0.15, 0.2) is 76.7 Å². The van der Waals surface area contributed by atoms with Gasteiger partial charge in [-0.2, -0.15) is 5.10 Å². The van der Waals surface area contributed by atoms with Crippen molar-refractivity contribution in [1.29, 1.82) is 0 Å². The van der Waals surface area contributed by atoms with E-state index in [0.29, 0.717) is 32.8 Å². The lowest BCUT2D eigenvalue weighted by atomic mass is 10.0. The summed E-state index contributed by atoms with van der Waals surface area (Å²) in [7, 11) is -3.89. The molecule has 0 saturated heterocycles. The van der Waals surface area contributed by atoms with E-state index in [1.807, 2.05) is 19.9 Å². The van der Waals surface area contributed by atoms with Crippen LogP contribution in [-0.2, 0) is 24.3 Å². The van der Waals surface area contributed by atoms with Crippen LogP contribution in [0, 0.1) is 10.5 Å². The van der Waals surface area contributed by atoms with Crippen molar-refractivity contribution >= 4 is 50.7 Å². The lowest BCUT2D eigenvalue weighted by molar-refractivity contribution is -0.145. The summed E-state index contributed by atoms with van der Waals surface area (Å²) < 4.78 is 45.6. The van der Waals surface area contributed by atoms with E-state index in [9.17, 15) is 18.0 Å². The summed E-state index contributed by atoms with van der Waals surface area (Å²) in [4.78, 5) is 24.6. The van der Waals surface area contributed by atoms with Crippen molar-refractivity contribution in [3.8, 4) is 11.5 Å².